The topological polar surface area (TPSA) is 46.2 Å². The molecule has 0 spiro atoms. The van der Waals surface area contributed by atoms with Crippen LogP contribution in [-0.4, -0.2) is 57.1 Å². The molecule has 222 valence electrons. The number of ether oxygens (including phenoxy) is 5. The van der Waals surface area contributed by atoms with Gasteiger partial charge in [0.25, 0.3) is 0 Å². The second-order valence-electron chi connectivity index (χ2n) is 11.1. The predicted molar refractivity (Wildman–Crippen MR) is 164 cm³/mol. The van der Waals surface area contributed by atoms with Gasteiger partial charge in [0.1, 0.15) is 18.0 Å². The summed E-state index contributed by atoms with van der Waals surface area (Å²) in [7, 11) is 1.74. The second kappa shape index (κ2) is 16.8. The highest BCUT2D eigenvalue weighted by Crippen LogP contribution is 2.41. The molecule has 1 saturated heterocycles. The number of fused-ring (bicyclic) bond motifs is 1. The molecule has 4 rings (SSSR count). The Morgan fingerprint density at radius 1 is 0.900 bits per heavy atom. The molecule has 5 nitrogen and oxygen atoms in total. The molecule has 2 aromatic carbocycles. The first-order chi connectivity index (χ1) is 19.6. The van der Waals surface area contributed by atoms with Gasteiger partial charge in [-0.15, -0.1) is 11.8 Å². The maximum atomic E-state index is 6.78. The summed E-state index contributed by atoms with van der Waals surface area (Å²) in [5.74, 6) is 0.942. The highest BCUT2D eigenvalue weighted by Gasteiger charge is 2.41. The van der Waals surface area contributed by atoms with Gasteiger partial charge >= 0.3 is 0 Å². The minimum atomic E-state index is -0.141. The fourth-order valence-corrected chi connectivity index (χ4v) is 6.90. The van der Waals surface area contributed by atoms with E-state index in [0.717, 1.165) is 83.4 Å². The van der Waals surface area contributed by atoms with Crippen molar-refractivity contribution in [3.8, 4) is 5.75 Å². The standard InChI is InChI=1S/C34H50O5S/c1-5-8-16-36-24-32-34(38-18-10-7-3)31(37-17-9-6-2)23-30(39-32)26-13-11-12-25(19-26)20-29-22-27-21-28(35-4)14-15-33(27)40-29/h11-15,19,21,29-32,34H,5-10,16-18,20,22-24H2,1-4H3/t29?,30?,31?,32?,34-/m0/s1. The summed E-state index contributed by atoms with van der Waals surface area (Å²) in [5.41, 5.74) is 3.99. The SMILES string of the molecule is CCCCOCC1OC(c2cccc(CC3Cc4cc(OC)ccc4S3)c2)CC(OCCCC)[C@@H]1OCCCC. The molecule has 40 heavy (non-hydrogen) atoms. The van der Waals surface area contributed by atoms with Crippen LogP contribution in [0.2, 0.25) is 0 Å². The minimum Gasteiger partial charge on any atom is -0.497 e. The van der Waals surface area contributed by atoms with E-state index in [2.05, 4.69) is 63.2 Å². The molecule has 0 amide bonds. The smallest absolute Gasteiger partial charge is 0.119 e. The first kappa shape index (κ1) is 31.4. The summed E-state index contributed by atoms with van der Waals surface area (Å²) >= 11 is 1.99. The van der Waals surface area contributed by atoms with Crippen LogP contribution in [0.5, 0.6) is 5.75 Å². The molecule has 4 unspecified atom stereocenters. The van der Waals surface area contributed by atoms with Crippen LogP contribution in [0.1, 0.15) is 88.5 Å². The lowest BCUT2D eigenvalue weighted by Gasteiger charge is -2.42. The normalized spacial score (nSPS) is 24.2. The van der Waals surface area contributed by atoms with Gasteiger partial charge in [-0.1, -0.05) is 64.3 Å². The Kier molecular flexibility index (Phi) is 13.1. The zero-order valence-corrected chi connectivity index (χ0v) is 25.9. The molecule has 0 aliphatic carbocycles. The van der Waals surface area contributed by atoms with Crippen LogP contribution in [0.4, 0.5) is 0 Å². The Morgan fingerprint density at radius 2 is 1.68 bits per heavy atom. The maximum Gasteiger partial charge on any atom is 0.119 e. The van der Waals surface area contributed by atoms with Crippen LogP contribution < -0.4 is 4.74 Å². The first-order valence-corrected chi connectivity index (χ1v) is 16.4. The van der Waals surface area contributed by atoms with Crippen molar-refractivity contribution in [3.63, 3.8) is 0 Å². The third-order valence-electron chi connectivity index (χ3n) is 7.88. The molecule has 1 fully saturated rings. The summed E-state index contributed by atoms with van der Waals surface area (Å²) in [4.78, 5) is 1.38. The summed E-state index contributed by atoms with van der Waals surface area (Å²) in [6.45, 7) is 9.39. The van der Waals surface area contributed by atoms with Crippen LogP contribution in [0.3, 0.4) is 0 Å². The molecule has 0 N–H and O–H groups in total. The predicted octanol–water partition coefficient (Wildman–Crippen LogP) is 7.97. The van der Waals surface area contributed by atoms with Gasteiger partial charge in [-0.2, -0.15) is 0 Å². The third-order valence-corrected chi connectivity index (χ3v) is 9.19. The fourth-order valence-electron chi connectivity index (χ4n) is 5.56. The molecule has 2 heterocycles. The number of unbranched alkanes of at least 4 members (excludes halogenated alkanes) is 3. The molecule has 0 saturated carbocycles. The van der Waals surface area contributed by atoms with Gasteiger partial charge in [0.15, 0.2) is 0 Å². The van der Waals surface area contributed by atoms with Gasteiger partial charge in [-0.05, 0) is 67.0 Å². The van der Waals surface area contributed by atoms with Crippen LogP contribution in [-0.2, 0) is 31.8 Å². The molecule has 6 heteroatoms. The average molecular weight is 571 g/mol. The highest BCUT2D eigenvalue weighted by molar-refractivity contribution is 8.00. The van der Waals surface area contributed by atoms with E-state index in [4.69, 9.17) is 23.7 Å². The van der Waals surface area contributed by atoms with E-state index in [-0.39, 0.29) is 24.4 Å². The zero-order chi connectivity index (χ0) is 28.2. The monoisotopic (exact) mass is 570 g/mol. The summed E-state index contributed by atoms with van der Waals surface area (Å²) in [5, 5.41) is 0.533. The van der Waals surface area contributed by atoms with Crippen LogP contribution in [0.15, 0.2) is 47.4 Å². The van der Waals surface area contributed by atoms with Gasteiger partial charge in [-0.3, -0.25) is 0 Å². The van der Waals surface area contributed by atoms with Crippen molar-refractivity contribution in [2.24, 2.45) is 0 Å². The van der Waals surface area contributed by atoms with Crippen molar-refractivity contribution >= 4 is 11.8 Å². The van der Waals surface area contributed by atoms with Gasteiger partial charge < -0.3 is 23.7 Å². The molecule has 0 bridgehead atoms. The Labute approximate surface area is 246 Å². The maximum absolute atomic E-state index is 6.78. The van der Waals surface area contributed by atoms with E-state index in [1.54, 1.807) is 7.11 Å². The number of thioether (sulfide) groups is 1. The van der Waals surface area contributed by atoms with Crippen LogP contribution in [0, 0.1) is 0 Å². The van der Waals surface area contributed by atoms with Crippen LogP contribution >= 0.6 is 11.8 Å². The molecule has 0 aromatic heterocycles. The average Bonchev–Trinajstić information content (AvgIpc) is 3.37. The molecular formula is C34H50O5S. The number of rotatable bonds is 17. The summed E-state index contributed by atoms with van der Waals surface area (Å²) < 4.78 is 31.3. The van der Waals surface area contributed by atoms with E-state index in [0.29, 0.717) is 11.9 Å². The van der Waals surface area contributed by atoms with Crippen LogP contribution in [0.25, 0.3) is 0 Å². The van der Waals surface area contributed by atoms with E-state index in [9.17, 15) is 0 Å². The quantitative estimate of drug-likeness (QED) is 0.180. The summed E-state index contributed by atoms with van der Waals surface area (Å²) in [6, 6.07) is 15.5. The Hall–Kier alpha value is -1.57. The Bertz CT molecular complexity index is 1010. The number of methoxy groups -OCH3 is 1. The first-order valence-electron chi connectivity index (χ1n) is 15.5. The highest BCUT2D eigenvalue weighted by atomic mass is 32.2. The number of benzene rings is 2. The van der Waals surface area contributed by atoms with Crippen molar-refractivity contribution in [3.05, 3.63) is 59.2 Å². The van der Waals surface area contributed by atoms with Gasteiger partial charge in [0, 0.05) is 36.4 Å². The Balaban J connectivity index is 1.46. The van der Waals surface area contributed by atoms with Crippen molar-refractivity contribution in [1.29, 1.82) is 0 Å². The second-order valence-corrected chi connectivity index (χ2v) is 12.5. The lowest BCUT2D eigenvalue weighted by atomic mass is 9.92. The number of hydrogen-bond acceptors (Lipinski definition) is 6. The van der Waals surface area contributed by atoms with E-state index < -0.39 is 0 Å². The molecule has 0 radical (unpaired) electrons. The molecule has 2 aliphatic heterocycles. The lowest BCUT2D eigenvalue weighted by Crippen LogP contribution is -2.50. The lowest BCUT2D eigenvalue weighted by molar-refractivity contribution is -0.216. The third kappa shape index (κ3) is 8.96. The molecule has 5 atom stereocenters. The van der Waals surface area contributed by atoms with E-state index in [1.165, 1.54) is 21.6 Å². The zero-order valence-electron chi connectivity index (χ0n) is 25.1. The Morgan fingerprint density at radius 3 is 2.45 bits per heavy atom. The largest absolute Gasteiger partial charge is 0.497 e. The molecular weight excluding hydrogens is 520 g/mol. The van der Waals surface area contributed by atoms with Crippen molar-refractivity contribution in [2.75, 3.05) is 33.5 Å². The number of hydrogen-bond donors (Lipinski definition) is 0. The minimum absolute atomic E-state index is 0.000421. The van der Waals surface area contributed by atoms with Crippen molar-refractivity contribution in [2.45, 2.75) is 113 Å². The van der Waals surface area contributed by atoms with Gasteiger partial charge in [0.2, 0.25) is 0 Å². The molecule has 2 aliphatic rings. The van der Waals surface area contributed by atoms with Gasteiger partial charge in [-0.25, -0.2) is 0 Å². The fraction of sp³-hybridized carbons (Fsp3) is 0.647. The molecule has 2 aromatic rings. The summed E-state index contributed by atoms with van der Waals surface area (Å²) in [6.07, 6.45) is 9.15. The van der Waals surface area contributed by atoms with E-state index in [1.807, 2.05) is 11.8 Å². The van der Waals surface area contributed by atoms with Crippen molar-refractivity contribution < 1.29 is 23.7 Å². The van der Waals surface area contributed by atoms with Gasteiger partial charge in [0.05, 0.1) is 25.9 Å². The van der Waals surface area contributed by atoms with E-state index >= 15 is 0 Å². The van der Waals surface area contributed by atoms with Crippen molar-refractivity contribution in [1.82, 2.24) is 0 Å².